The number of hydrogen-bond donors (Lipinski definition) is 0. The number of benzene rings is 1. The molecule has 18 heavy (non-hydrogen) atoms. The van der Waals surface area contributed by atoms with Crippen molar-refractivity contribution in [2.45, 2.75) is 51.4 Å². The van der Waals surface area contributed by atoms with Crippen LogP contribution >= 0.6 is 0 Å². The lowest BCUT2D eigenvalue weighted by Gasteiger charge is -2.21. The molecule has 0 N–H and O–H groups in total. The molecule has 0 aliphatic heterocycles. The number of methoxy groups -OCH3 is 1. The van der Waals surface area contributed by atoms with Crippen molar-refractivity contribution in [1.82, 2.24) is 0 Å². The van der Waals surface area contributed by atoms with Gasteiger partial charge in [-0.2, -0.15) is 0 Å². The van der Waals surface area contributed by atoms with Crippen LogP contribution in [0, 0.1) is 11.7 Å². The molecule has 0 spiro atoms. The molecule has 0 bridgehead atoms. The average molecular weight is 250 g/mol. The summed E-state index contributed by atoms with van der Waals surface area (Å²) < 4.78 is 18.3. The van der Waals surface area contributed by atoms with Crippen LogP contribution in [0.1, 0.15) is 50.5 Å². The van der Waals surface area contributed by atoms with E-state index in [1.807, 2.05) is 12.1 Å². The van der Waals surface area contributed by atoms with Crippen LogP contribution in [0.15, 0.2) is 18.2 Å². The van der Waals surface area contributed by atoms with E-state index in [2.05, 4.69) is 0 Å². The number of halogens is 1. The third kappa shape index (κ3) is 3.72. The summed E-state index contributed by atoms with van der Waals surface area (Å²) in [7, 11) is 1.52. The second-order valence-electron chi connectivity index (χ2n) is 5.37. The summed E-state index contributed by atoms with van der Waals surface area (Å²) in [5, 5.41) is 0. The van der Waals surface area contributed by atoms with Crippen LogP contribution in [0.3, 0.4) is 0 Å². The Morgan fingerprint density at radius 2 is 2.00 bits per heavy atom. The highest BCUT2D eigenvalue weighted by Crippen LogP contribution is 2.28. The Kier molecular flexibility index (Phi) is 5.03. The second kappa shape index (κ2) is 6.77. The van der Waals surface area contributed by atoms with Crippen molar-refractivity contribution in [3.05, 3.63) is 29.6 Å². The van der Waals surface area contributed by atoms with Crippen molar-refractivity contribution in [3.8, 4) is 5.75 Å². The molecule has 0 aromatic heterocycles. The van der Waals surface area contributed by atoms with E-state index in [1.165, 1.54) is 63.7 Å². The van der Waals surface area contributed by atoms with Gasteiger partial charge in [-0.15, -0.1) is 0 Å². The highest BCUT2D eigenvalue weighted by molar-refractivity contribution is 5.30. The zero-order valence-corrected chi connectivity index (χ0v) is 11.3. The lowest BCUT2D eigenvalue weighted by Crippen LogP contribution is -2.06. The summed E-state index contributed by atoms with van der Waals surface area (Å²) in [5.41, 5.74) is 1.18. The van der Waals surface area contributed by atoms with E-state index in [1.54, 1.807) is 0 Å². The Bertz CT molecular complexity index is 369. The fourth-order valence-corrected chi connectivity index (χ4v) is 2.93. The van der Waals surface area contributed by atoms with Gasteiger partial charge in [0.1, 0.15) is 0 Å². The van der Waals surface area contributed by atoms with Gasteiger partial charge in [-0.3, -0.25) is 0 Å². The molecule has 0 radical (unpaired) electrons. The summed E-state index contributed by atoms with van der Waals surface area (Å²) in [6, 6.07) is 5.21. The van der Waals surface area contributed by atoms with Crippen LogP contribution in [0.25, 0.3) is 0 Å². The molecular weight excluding hydrogens is 227 g/mol. The molecule has 0 heterocycles. The molecule has 1 aromatic carbocycles. The minimum atomic E-state index is -0.270. The third-order valence-corrected chi connectivity index (χ3v) is 4.02. The Hall–Kier alpha value is -1.05. The molecule has 1 fully saturated rings. The summed E-state index contributed by atoms with van der Waals surface area (Å²) in [5.74, 6) is 1.03. The monoisotopic (exact) mass is 250 g/mol. The van der Waals surface area contributed by atoms with Gasteiger partial charge in [-0.1, -0.05) is 44.6 Å². The van der Waals surface area contributed by atoms with Gasteiger partial charge in [0.05, 0.1) is 7.11 Å². The van der Waals surface area contributed by atoms with Gasteiger partial charge in [0.25, 0.3) is 0 Å². The van der Waals surface area contributed by atoms with Crippen molar-refractivity contribution in [2.24, 2.45) is 5.92 Å². The Morgan fingerprint density at radius 1 is 1.22 bits per heavy atom. The van der Waals surface area contributed by atoms with E-state index >= 15 is 0 Å². The largest absolute Gasteiger partial charge is 0.494 e. The van der Waals surface area contributed by atoms with Crippen LogP contribution in [0.5, 0.6) is 5.75 Å². The zero-order valence-electron chi connectivity index (χ0n) is 11.3. The van der Waals surface area contributed by atoms with Crippen LogP contribution in [-0.2, 0) is 6.42 Å². The van der Waals surface area contributed by atoms with Crippen LogP contribution in [0.2, 0.25) is 0 Å². The van der Waals surface area contributed by atoms with Gasteiger partial charge in [0.2, 0.25) is 0 Å². The van der Waals surface area contributed by atoms with E-state index in [4.69, 9.17) is 4.74 Å². The van der Waals surface area contributed by atoms with Crippen molar-refractivity contribution in [2.75, 3.05) is 7.11 Å². The standard InChI is InChI=1S/C16H23FO/c1-18-16-12-14(10-11-15(16)17)9-5-8-13-6-3-2-4-7-13/h10-13H,2-9H2,1H3. The average Bonchev–Trinajstić information content (AvgIpc) is 2.42. The Morgan fingerprint density at radius 3 is 2.72 bits per heavy atom. The minimum absolute atomic E-state index is 0.270. The molecule has 1 aromatic rings. The predicted molar refractivity (Wildman–Crippen MR) is 72.5 cm³/mol. The van der Waals surface area contributed by atoms with Gasteiger partial charge in [0, 0.05) is 0 Å². The van der Waals surface area contributed by atoms with Crippen molar-refractivity contribution >= 4 is 0 Å². The van der Waals surface area contributed by atoms with Gasteiger partial charge >= 0.3 is 0 Å². The first kappa shape index (κ1) is 13.4. The first-order valence-corrected chi connectivity index (χ1v) is 7.12. The molecule has 0 atom stereocenters. The Balaban J connectivity index is 1.79. The van der Waals surface area contributed by atoms with Crippen molar-refractivity contribution in [1.29, 1.82) is 0 Å². The van der Waals surface area contributed by atoms with Crippen LogP contribution < -0.4 is 4.74 Å². The first-order chi connectivity index (χ1) is 8.79. The van der Waals surface area contributed by atoms with E-state index in [9.17, 15) is 4.39 Å². The molecule has 1 nitrogen and oxygen atoms in total. The minimum Gasteiger partial charge on any atom is -0.494 e. The summed E-state index contributed by atoms with van der Waals surface area (Å²) in [6.07, 6.45) is 10.6. The SMILES string of the molecule is COc1cc(CCCC2CCCCC2)ccc1F. The maximum absolute atomic E-state index is 13.3. The summed E-state index contributed by atoms with van der Waals surface area (Å²) in [6.45, 7) is 0. The van der Waals surface area contributed by atoms with Crippen molar-refractivity contribution in [3.63, 3.8) is 0 Å². The van der Waals surface area contributed by atoms with Gasteiger partial charge in [-0.25, -0.2) is 4.39 Å². The quantitative estimate of drug-likeness (QED) is 0.733. The number of hydrogen-bond acceptors (Lipinski definition) is 1. The van der Waals surface area contributed by atoms with Crippen LogP contribution in [-0.4, -0.2) is 7.11 Å². The smallest absolute Gasteiger partial charge is 0.165 e. The molecule has 1 saturated carbocycles. The predicted octanol–water partition coefficient (Wildman–Crippen LogP) is 4.74. The highest BCUT2D eigenvalue weighted by atomic mass is 19.1. The van der Waals surface area contributed by atoms with E-state index in [0.717, 1.165) is 12.3 Å². The van der Waals surface area contributed by atoms with E-state index in [-0.39, 0.29) is 5.82 Å². The molecule has 0 saturated heterocycles. The first-order valence-electron chi connectivity index (χ1n) is 7.12. The van der Waals surface area contributed by atoms with Gasteiger partial charge in [-0.05, 0) is 36.5 Å². The molecule has 1 aliphatic carbocycles. The molecule has 2 heteroatoms. The topological polar surface area (TPSA) is 9.23 Å². The van der Waals surface area contributed by atoms with Crippen molar-refractivity contribution < 1.29 is 9.13 Å². The summed E-state index contributed by atoms with van der Waals surface area (Å²) >= 11 is 0. The molecule has 2 rings (SSSR count). The third-order valence-electron chi connectivity index (χ3n) is 4.02. The number of ether oxygens (including phenoxy) is 1. The second-order valence-corrected chi connectivity index (χ2v) is 5.37. The fraction of sp³-hybridized carbons (Fsp3) is 0.625. The lowest BCUT2D eigenvalue weighted by atomic mass is 9.85. The normalized spacial score (nSPS) is 16.8. The fourth-order valence-electron chi connectivity index (χ4n) is 2.93. The molecule has 0 amide bonds. The zero-order chi connectivity index (χ0) is 12.8. The Labute approximate surface area is 109 Å². The van der Waals surface area contributed by atoms with E-state index in [0.29, 0.717) is 5.75 Å². The molecule has 1 aliphatic rings. The van der Waals surface area contributed by atoms with E-state index < -0.39 is 0 Å². The maximum Gasteiger partial charge on any atom is 0.165 e. The molecular formula is C16H23FO. The molecule has 100 valence electrons. The number of aryl methyl sites for hydroxylation is 1. The van der Waals surface area contributed by atoms with Gasteiger partial charge in [0.15, 0.2) is 11.6 Å². The lowest BCUT2D eigenvalue weighted by molar-refractivity contribution is 0.332. The molecule has 0 unspecified atom stereocenters. The summed E-state index contributed by atoms with van der Waals surface area (Å²) in [4.78, 5) is 0. The van der Waals surface area contributed by atoms with Gasteiger partial charge < -0.3 is 4.74 Å². The van der Waals surface area contributed by atoms with Crippen LogP contribution in [0.4, 0.5) is 4.39 Å². The number of rotatable bonds is 5. The highest BCUT2D eigenvalue weighted by Gasteiger charge is 2.12. The maximum atomic E-state index is 13.3.